The first-order chi connectivity index (χ1) is 15.2. The Morgan fingerprint density at radius 2 is 1.94 bits per heavy atom. The van der Waals surface area contributed by atoms with Crippen LogP contribution in [0.2, 0.25) is 5.02 Å². The van der Waals surface area contributed by atoms with Gasteiger partial charge in [0.15, 0.2) is 6.61 Å². The molecule has 0 atom stereocenters. The zero-order valence-corrected chi connectivity index (χ0v) is 19.0. The summed E-state index contributed by atoms with van der Waals surface area (Å²) in [7, 11) is -2.38. The van der Waals surface area contributed by atoms with Crippen LogP contribution in [0.4, 0.5) is 0 Å². The summed E-state index contributed by atoms with van der Waals surface area (Å²) >= 11 is 6.10. The number of sulfonamides is 1. The molecule has 1 aliphatic rings. The van der Waals surface area contributed by atoms with Crippen molar-refractivity contribution in [3.63, 3.8) is 0 Å². The van der Waals surface area contributed by atoms with Crippen LogP contribution in [-0.2, 0) is 32.5 Å². The lowest BCUT2D eigenvalue weighted by Gasteiger charge is -2.28. The van der Waals surface area contributed by atoms with E-state index >= 15 is 0 Å². The predicted octanol–water partition coefficient (Wildman–Crippen LogP) is 2.62. The summed E-state index contributed by atoms with van der Waals surface area (Å²) in [4.78, 5) is 25.7. The molecule has 0 saturated carbocycles. The number of amides is 1. The van der Waals surface area contributed by atoms with E-state index in [-0.39, 0.29) is 35.0 Å². The lowest BCUT2D eigenvalue weighted by Crippen LogP contribution is -2.36. The van der Waals surface area contributed by atoms with Crippen molar-refractivity contribution in [3.8, 4) is 6.07 Å². The lowest BCUT2D eigenvalue weighted by atomic mass is 10.0. The molecule has 168 valence electrons. The van der Waals surface area contributed by atoms with Crippen LogP contribution in [0, 0.1) is 11.3 Å². The molecule has 3 rings (SSSR count). The van der Waals surface area contributed by atoms with Gasteiger partial charge in [0.2, 0.25) is 10.0 Å². The number of nitrogens with zero attached hydrogens (tertiary/aromatic N) is 3. The Kier molecular flexibility index (Phi) is 7.51. The average molecular weight is 476 g/mol. The van der Waals surface area contributed by atoms with Crippen LogP contribution in [-0.4, -0.2) is 56.2 Å². The second-order valence-corrected chi connectivity index (χ2v) is 9.64. The summed E-state index contributed by atoms with van der Waals surface area (Å²) in [6, 6.07) is 13.4. The summed E-state index contributed by atoms with van der Waals surface area (Å²) in [5, 5.41) is 8.60. The highest BCUT2D eigenvalue weighted by Gasteiger charge is 2.29. The molecule has 0 saturated heterocycles. The van der Waals surface area contributed by atoms with Crippen LogP contribution < -0.4 is 0 Å². The van der Waals surface area contributed by atoms with E-state index in [0.29, 0.717) is 13.0 Å². The van der Waals surface area contributed by atoms with Gasteiger partial charge in [-0.1, -0.05) is 35.9 Å². The van der Waals surface area contributed by atoms with Crippen LogP contribution in [0.5, 0.6) is 0 Å². The topological polar surface area (TPSA) is 108 Å². The van der Waals surface area contributed by atoms with E-state index in [1.54, 1.807) is 0 Å². The molecule has 0 fully saturated rings. The minimum atomic E-state index is -3.87. The molecule has 2 aromatic rings. The van der Waals surface area contributed by atoms with Crippen molar-refractivity contribution in [2.24, 2.45) is 0 Å². The molecule has 1 heterocycles. The van der Waals surface area contributed by atoms with Crippen molar-refractivity contribution < 1.29 is 22.7 Å². The maximum atomic E-state index is 13.2. The fraction of sp³-hybridized carbons (Fsp3) is 0.318. The number of nitriles is 1. The van der Waals surface area contributed by atoms with Crippen molar-refractivity contribution in [1.82, 2.24) is 9.21 Å². The largest absolute Gasteiger partial charge is 0.452 e. The lowest BCUT2D eigenvalue weighted by molar-refractivity contribution is -0.133. The van der Waals surface area contributed by atoms with E-state index < -0.39 is 28.5 Å². The highest BCUT2D eigenvalue weighted by Crippen LogP contribution is 2.27. The molecule has 0 bridgehead atoms. The van der Waals surface area contributed by atoms with E-state index in [0.717, 1.165) is 11.1 Å². The third-order valence-corrected chi connectivity index (χ3v) is 7.37. The maximum Gasteiger partial charge on any atom is 0.340 e. The van der Waals surface area contributed by atoms with E-state index in [9.17, 15) is 18.0 Å². The van der Waals surface area contributed by atoms with Crippen LogP contribution in [0.15, 0.2) is 47.4 Å². The summed E-state index contributed by atoms with van der Waals surface area (Å²) in [6.45, 7) is 0.229. The van der Waals surface area contributed by atoms with E-state index in [2.05, 4.69) is 0 Å². The zero-order valence-electron chi connectivity index (χ0n) is 17.5. The number of esters is 1. The van der Waals surface area contributed by atoms with Crippen molar-refractivity contribution in [2.75, 3.05) is 26.7 Å². The first-order valence-electron chi connectivity index (χ1n) is 9.88. The molecule has 2 aromatic carbocycles. The Balaban J connectivity index is 1.74. The molecule has 8 nitrogen and oxygen atoms in total. The monoisotopic (exact) mass is 475 g/mol. The van der Waals surface area contributed by atoms with Gasteiger partial charge in [0.25, 0.3) is 5.91 Å². The third kappa shape index (κ3) is 5.27. The Morgan fingerprint density at radius 3 is 2.66 bits per heavy atom. The number of carbonyl (C=O) groups excluding carboxylic acids is 2. The molecule has 0 aliphatic carbocycles. The molecular formula is C22H22ClN3O5S. The summed E-state index contributed by atoms with van der Waals surface area (Å²) in [5.41, 5.74) is 1.91. The molecule has 0 N–H and O–H groups in total. The Bertz CT molecular complexity index is 1180. The van der Waals surface area contributed by atoms with E-state index in [4.69, 9.17) is 21.6 Å². The van der Waals surface area contributed by atoms with Crippen LogP contribution in [0.1, 0.15) is 27.9 Å². The van der Waals surface area contributed by atoms with Gasteiger partial charge in [0, 0.05) is 26.7 Å². The van der Waals surface area contributed by atoms with Gasteiger partial charge < -0.3 is 9.64 Å². The number of rotatable bonds is 7. The molecule has 0 aromatic heterocycles. The van der Waals surface area contributed by atoms with Gasteiger partial charge in [-0.15, -0.1) is 0 Å². The number of hydrogen-bond donors (Lipinski definition) is 0. The smallest absolute Gasteiger partial charge is 0.340 e. The SMILES string of the molecule is CN(CCC#N)C(=O)COC(=O)c1cc(S(=O)(=O)N2CCc3ccccc3C2)ccc1Cl. The minimum Gasteiger partial charge on any atom is -0.452 e. The first-order valence-corrected chi connectivity index (χ1v) is 11.7. The number of benzene rings is 2. The first kappa shape index (κ1) is 23.7. The number of fused-ring (bicyclic) bond motifs is 1. The molecule has 0 spiro atoms. The van der Waals surface area contributed by atoms with Gasteiger partial charge >= 0.3 is 5.97 Å². The fourth-order valence-electron chi connectivity index (χ4n) is 3.30. The summed E-state index contributed by atoms with van der Waals surface area (Å²) < 4.78 is 32.8. The van der Waals surface area contributed by atoms with Gasteiger partial charge in [-0.3, -0.25) is 4.79 Å². The maximum absolute atomic E-state index is 13.2. The molecule has 0 unspecified atom stereocenters. The van der Waals surface area contributed by atoms with Crippen molar-refractivity contribution in [3.05, 3.63) is 64.2 Å². The Hall–Kier alpha value is -2.93. The second kappa shape index (κ2) is 10.1. The normalized spacial score (nSPS) is 13.7. The van der Waals surface area contributed by atoms with Crippen molar-refractivity contribution in [1.29, 1.82) is 5.26 Å². The summed E-state index contributed by atoms with van der Waals surface area (Å²) in [5.74, 6) is -1.39. The molecular weight excluding hydrogens is 454 g/mol. The van der Waals surface area contributed by atoms with Gasteiger partial charge in [-0.05, 0) is 35.7 Å². The quantitative estimate of drug-likeness (QED) is 0.569. The number of halogens is 1. The standard InChI is InChI=1S/C22H22ClN3O5S/c1-25(11-4-10-24)21(27)15-31-22(28)19-13-18(7-8-20(19)23)32(29,30)26-12-9-16-5-2-3-6-17(16)14-26/h2-3,5-8,13H,4,9,11-12,14-15H2,1H3. The number of likely N-dealkylation sites (N-methyl/N-ethyl adjacent to an activating group) is 1. The zero-order chi connectivity index (χ0) is 23.3. The molecule has 1 amide bonds. The highest BCUT2D eigenvalue weighted by atomic mass is 35.5. The highest BCUT2D eigenvalue weighted by molar-refractivity contribution is 7.89. The number of ether oxygens (including phenoxy) is 1. The Morgan fingerprint density at radius 1 is 1.22 bits per heavy atom. The van der Waals surface area contributed by atoms with E-state index in [1.165, 1.54) is 34.5 Å². The van der Waals surface area contributed by atoms with Gasteiger partial charge in [-0.2, -0.15) is 9.57 Å². The van der Waals surface area contributed by atoms with Crippen LogP contribution in [0.25, 0.3) is 0 Å². The minimum absolute atomic E-state index is 0.0169. The fourth-order valence-corrected chi connectivity index (χ4v) is 4.94. The third-order valence-electron chi connectivity index (χ3n) is 5.20. The van der Waals surface area contributed by atoms with Gasteiger partial charge in [0.1, 0.15) is 0 Å². The van der Waals surface area contributed by atoms with Crippen LogP contribution in [0.3, 0.4) is 0 Å². The Labute approximate surface area is 192 Å². The van der Waals surface area contributed by atoms with Crippen LogP contribution >= 0.6 is 11.6 Å². The summed E-state index contributed by atoms with van der Waals surface area (Å²) in [6.07, 6.45) is 0.752. The molecule has 10 heteroatoms. The predicted molar refractivity (Wildman–Crippen MR) is 117 cm³/mol. The van der Waals surface area contributed by atoms with Crippen molar-refractivity contribution >= 4 is 33.5 Å². The second-order valence-electron chi connectivity index (χ2n) is 7.30. The van der Waals surface area contributed by atoms with Gasteiger partial charge in [-0.25, -0.2) is 13.2 Å². The van der Waals surface area contributed by atoms with Gasteiger partial charge in [0.05, 0.1) is 28.0 Å². The number of hydrogen-bond acceptors (Lipinski definition) is 6. The molecule has 32 heavy (non-hydrogen) atoms. The molecule has 0 radical (unpaired) electrons. The molecule has 1 aliphatic heterocycles. The number of carbonyl (C=O) groups is 2. The van der Waals surface area contributed by atoms with E-state index in [1.807, 2.05) is 30.3 Å². The van der Waals surface area contributed by atoms with Crippen molar-refractivity contribution in [2.45, 2.75) is 24.3 Å². The average Bonchev–Trinajstić information content (AvgIpc) is 2.80.